The first-order valence-corrected chi connectivity index (χ1v) is 7.58. The highest BCUT2D eigenvalue weighted by atomic mass is 79.9. The van der Waals surface area contributed by atoms with Gasteiger partial charge in [-0.25, -0.2) is 21.9 Å². The molecule has 0 aliphatic heterocycles. The van der Waals surface area contributed by atoms with Gasteiger partial charge in [0, 0.05) is 16.6 Å². The van der Waals surface area contributed by atoms with Gasteiger partial charge in [-0.2, -0.15) is 0 Å². The number of sulfonamides is 1. The van der Waals surface area contributed by atoms with Gasteiger partial charge in [0.25, 0.3) is 0 Å². The second-order valence-corrected chi connectivity index (χ2v) is 7.57. The summed E-state index contributed by atoms with van der Waals surface area (Å²) in [4.78, 5) is -0.549. The summed E-state index contributed by atoms with van der Waals surface area (Å²) in [6.45, 7) is 3.83. The predicted molar refractivity (Wildman–Crippen MR) is 66.6 cm³/mol. The number of hydrogen-bond donors (Lipinski definition) is 1. The van der Waals surface area contributed by atoms with Gasteiger partial charge in [0.1, 0.15) is 16.5 Å². The van der Waals surface area contributed by atoms with E-state index >= 15 is 0 Å². The molecule has 0 saturated heterocycles. The quantitative estimate of drug-likeness (QED) is 0.920. The maximum absolute atomic E-state index is 13.6. The molecule has 1 atom stereocenters. The standard InChI is InChI=1S/C11H12BrF2NO2S/c1-11(2)5-9(11)15-18(16,17)10-7(12)3-6(13)4-8(10)14/h3-4,9,15H,5H2,1-2H3. The van der Waals surface area contributed by atoms with Crippen molar-refractivity contribution in [2.45, 2.75) is 31.2 Å². The van der Waals surface area contributed by atoms with Crippen LogP contribution in [0.5, 0.6) is 0 Å². The van der Waals surface area contributed by atoms with Gasteiger partial charge >= 0.3 is 0 Å². The first-order chi connectivity index (χ1) is 8.13. The fourth-order valence-electron chi connectivity index (χ4n) is 1.70. The Morgan fingerprint density at radius 2 is 1.94 bits per heavy atom. The molecule has 18 heavy (non-hydrogen) atoms. The summed E-state index contributed by atoms with van der Waals surface area (Å²) in [5.74, 6) is -1.93. The van der Waals surface area contributed by atoms with E-state index in [1.165, 1.54) is 0 Å². The average Bonchev–Trinajstić information content (AvgIpc) is 2.68. The van der Waals surface area contributed by atoms with Crippen LogP contribution < -0.4 is 4.72 Å². The van der Waals surface area contributed by atoms with E-state index < -0.39 is 26.6 Å². The van der Waals surface area contributed by atoms with Gasteiger partial charge < -0.3 is 0 Å². The second kappa shape index (κ2) is 4.25. The molecule has 0 aromatic heterocycles. The summed E-state index contributed by atoms with van der Waals surface area (Å²) in [6.07, 6.45) is 0.701. The zero-order valence-electron chi connectivity index (χ0n) is 9.80. The Kier molecular flexibility index (Phi) is 3.28. The lowest BCUT2D eigenvalue weighted by Crippen LogP contribution is -2.29. The fourth-order valence-corrected chi connectivity index (χ4v) is 4.27. The average molecular weight is 340 g/mol. The molecule has 1 unspecified atom stereocenters. The van der Waals surface area contributed by atoms with Crippen molar-refractivity contribution in [3.8, 4) is 0 Å². The lowest BCUT2D eigenvalue weighted by Gasteiger charge is -2.10. The molecule has 1 N–H and O–H groups in total. The maximum atomic E-state index is 13.6. The van der Waals surface area contributed by atoms with E-state index in [4.69, 9.17) is 0 Å². The molecular formula is C11H12BrF2NO2S. The third-order valence-electron chi connectivity index (χ3n) is 3.04. The minimum atomic E-state index is -3.98. The van der Waals surface area contributed by atoms with Crippen LogP contribution in [0.15, 0.2) is 21.5 Å². The zero-order valence-corrected chi connectivity index (χ0v) is 12.2. The van der Waals surface area contributed by atoms with Crippen LogP contribution in [-0.4, -0.2) is 14.5 Å². The van der Waals surface area contributed by atoms with E-state index in [0.29, 0.717) is 12.5 Å². The molecule has 1 saturated carbocycles. The molecule has 2 rings (SSSR count). The Morgan fingerprint density at radius 1 is 1.39 bits per heavy atom. The van der Waals surface area contributed by atoms with E-state index in [1.54, 1.807) is 0 Å². The molecule has 3 nitrogen and oxygen atoms in total. The molecule has 1 aliphatic carbocycles. The van der Waals surface area contributed by atoms with Crippen molar-refractivity contribution in [3.05, 3.63) is 28.2 Å². The summed E-state index contributed by atoms with van der Waals surface area (Å²) in [5.41, 5.74) is -0.115. The minimum absolute atomic E-state index is 0.115. The SMILES string of the molecule is CC1(C)CC1NS(=O)(=O)c1c(F)cc(F)cc1Br. The van der Waals surface area contributed by atoms with Crippen molar-refractivity contribution < 1.29 is 17.2 Å². The summed E-state index contributed by atoms with van der Waals surface area (Å²) in [6, 6.07) is 1.27. The van der Waals surface area contributed by atoms with E-state index in [-0.39, 0.29) is 15.9 Å². The van der Waals surface area contributed by atoms with Crippen LogP contribution in [0.25, 0.3) is 0 Å². The second-order valence-electron chi connectivity index (χ2n) is 5.07. The van der Waals surface area contributed by atoms with Crippen LogP contribution in [0.2, 0.25) is 0 Å². The normalized spacial score (nSPS) is 21.9. The van der Waals surface area contributed by atoms with Crippen molar-refractivity contribution in [2.75, 3.05) is 0 Å². The summed E-state index contributed by atoms with van der Waals surface area (Å²) >= 11 is 2.87. The van der Waals surface area contributed by atoms with Gasteiger partial charge in [0.05, 0.1) is 0 Å². The van der Waals surface area contributed by atoms with Gasteiger partial charge in [0.2, 0.25) is 10.0 Å². The Hall–Kier alpha value is -0.530. The van der Waals surface area contributed by atoms with Crippen LogP contribution in [-0.2, 0) is 10.0 Å². The van der Waals surface area contributed by atoms with Crippen LogP contribution in [0.3, 0.4) is 0 Å². The maximum Gasteiger partial charge on any atom is 0.244 e. The van der Waals surface area contributed by atoms with E-state index in [2.05, 4.69) is 20.7 Å². The van der Waals surface area contributed by atoms with Gasteiger partial charge in [-0.1, -0.05) is 13.8 Å². The molecule has 1 aliphatic rings. The largest absolute Gasteiger partial charge is 0.244 e. The van der Waals surface area contributed by atoms with Gasteiger partial charge in [-0.05, 0) is 33.8 Å². The van der Waals surface area contributed by atoms with Crippen molar-refractivity contribution in [1.29, 1.82) is 0 Å². The Balaban J connectivity index is 2.36. The molecule has 0 spiro atoms. The summed E-state index contributed by atoms with van der Waals surface area (Å²) in [5, 5.41) is 0. The summed E-state index contributed by atoms with van der Waals surface area (Å²) in [7, 11) is -3.98. The molecule has 100 valence electrons. The van der Waals surface area contributed by atoms with Crippen LogP contribution >= 0.6 is 15.9 Å². The van der Waals surface area contributed by atoms with Gasteiger partial charge in [-0.3, -0.25) is 0 Å². The highest BCUT2D eigenvalue weighted by Crippen LogP contribution is 2.45. The Bertz CT molecular complexity index is 578. The van der Waals surface area contributed by atoms with E-state index in [1.807, 2.05) is 13.8 Å². The molecule has 7 heteroatoms. The number of halogens is 3. The molecule has 1 aromatic carbocycles. The molecule has 0 radical (unpaired) electrons. The monoisotopic (exact) mass is 339 g/mol. The van der Waals surface area contributed by atoms with Crippen LogP contribution in [0, 0.1) is 17.0 Å². The number of benzene rings is 1. The highest BCUT2D eigenvalue weighted by molar-refractivity contribution is 9.10. The smallest absolute Gasteiger partial charge is 0.207 e. The predicted octanol–water partition coefficient (Wildman–Crippen LogP) is 2.80. The molecule has 1 aromatic rings. The molecule has 0 bridgehead atoms. The molecule has 0 amide bonds. The minimum Gasteiger partial charge on any atom is -0.207 e. The first kappa shape index (κ1) is 13.9. The topological polar surface area (TPSA) is 46.2 Å². The number of nitrogens with one attached hydrogen (secondary N) is 1. The van der Waals surface area contributed by atoms with Gasteiger partial charge in [0.15, 0.2) is 0 Å². The molecular weight excluding hydrogens is 328 g/mol. The highest BCUT2D eigenvalue weighted by Gasteiger charge is 2.48. The fraction of sp³-hybridized carbons (Fsp3) is 0.455. The van der Waals surface area contributed by atoms with Crippen LogP contribution in [0.1, 0.15) is 20.3 Å². The van der Waals surface area contributed by atoms with Crippen molar-refractivity contribution in [1.82, 2.24) is 4.72 Å². The third-order valence-corrected chi connectivity index (χ3v) is 5.48. The lowest BCUT2D eigenvalue weighted by atomic mass is 10.2. The van der Waals surface area contributed by atoms with E-state index in [9.17, 15) is 17.2 Å². The van der Waals surface area contributed by atoms with E-state index in [0.717, 1.165) is 6.07 Å². The summed E-state index contributed by atoms with van der Waals surface area (Å²) < 4.78 is 52.8. The van der Waals surface area contributed by atoms with Crippen molar-refractivity contribution >= 4 is 26.0 Å². The first-order valence-electron chi connectivity index (χ1n) is 5.30. The van der Waals surface area contributed by atoms with Crippen molar-refractivity contribution in [2.24, 2.45) is 5.41 Å². The Labute approximate surface area is 113 Å². The van der Waals surface area contributed by atoms with Gasteiger partial charge in [-0.15, -0.1) is 0 Å². The lowest BCUT2D eigenvalue weighted by molar-refractivity contribution is 0.531. The van der Waals surface area contributed by atoms with Crippen LogP contribution in [0.4, 0.5) is 8.78 Å². The number of rotatable bonds is 3. The molecule has 0 heterocycles. The zero-order chi connectivity index (χ0) is 13.7. The Morgan fingerprint density at radius 3 is 2.39 bits per heavy atom. The third kappa shape index (κ3) is 2.57. The van der Waals surface area contributed by atoms with Crippen molar-refractivity contribution in [3.63, 3.8) is 0 Å². The number of hydrogen-bond acceptors (Lipinski definition) is 2. The molecule has 1 fully saturated rings.